The highest BCUT2D eigenvalue weighted by molar-refractivity contribution is 7.99. The zero-order valence-corrected chi connectivity index (χ0v) is 19.3. The zero-order chi connectivity index (χ0) is 20.7. The Labute approximate surface area is 182 Å². The smallest absolute Gasteiger partial charge is 0.187 e. The van der Waals surface area contributed by atoms with E-state index in [9.17, 15) is 0 Å². The predicted octanol–water partition coefficient (Wildman–Crippen LogP) is 7.80. The number of aromatic nitrogens is 2. The molecule has 1 aromatic heterocycles. The molecule has 0 aliphatic heterocycles. The van der Waals surface area contributed by atoms with E-state index in [-0.39, 0.29) is 0 Å². The third-order valence-corrected chi connectivity index (χ3v) is 6.31. The Bertz CT molecular complexity index is 658. The van der Waals surface area contributed by atoms with E-state index in [1.165, 1.54) is 51.4 Å². The van der Waals surface area contributed by atoms with Crippen LogP contribution in [0.4, 0.5) is 0 Å². The number of thioether (sulfide) groups is 1. The van der Waals surface area contributed by atoms with E-state index in [0.717, 1.165) is 46.7 Å². The van der Waals surface area contributed by atoms with Crippen LogP contribution in [0.3, 0.4) is 0 Å². The average Bonchev–Trinajstić information content (AvgIpc) is 2.77. The highest BCUT2D eigenvalue weighted by atomic mass is 32.2. The molecule has 0 saturated heterocycles. The van der Waals surface area contributed by atoms with Crippen LogP contribution in [0.25, 0.3) is 11.1 Å². The van der Waals surface area contributed by atoms with Gasteiger partial charge in [0, 0.05) is 23.7 Å². The van der Waals surface area contributed by atoms with E-state index < -0.39 is 0 Å². The van der Waals surface area contributed by atoms with E-state index in [1.807, 2.05) is 24.5 Å². The summed E-state index contributed by atoms with van der Waals surface area (Å²) in [5.41, 5.74) is 2.18. The second-order valence-corrected chi connectivity index (χ2v) is 8.96. The molecule has 3 nitrogen and oxygen atoms in total. The Balaban J connectivity index is 1.70. The van der Waals surface area contributed by atoms with Gasteiger partial charge in [-0.05, 0) is 42.9 Å². The molecule has 29 heavy (non-hydrogen) atoms. The molecule has 0 aliphatic rings. The van der Waals surface area contributed by atoms with Gasteiger partial charge in [0.15, 0.2) is 5.16 Å². The van der Waals surface area contributed by atoms with Gasteiger partial charge >= 0.3 is 0 Å². The third kappa shape index (κ3) is 9.66. The molecular formula is C25H38N2OS. The first kappa shape index (κ1) is 23.7. The first-order valence-corrected chi connectivity index (χ1v) is 12.4. The van der Waals surface area contributed by atoms with Crippen molar-refractivity contribution in [3.63, 3.8) is 0 Å². The maximum Gasteiger partial charge on any atom is 0.187 e. The highest BCUT2D eigenvalue weighted by Gasteiger charge is 2.03. The summed E-state index contributed by atoms with van der Waals surface area (Å²) in [5.74, 6) is 2.83. The van der Waals surface area contributed by atoms with Crippen LogP contribution in [0.1, 0.15) is 78.6 Å². The fraction of sp³-hybridized carbons (Fsp3) is 0.600. The predicted molar refractivity (Wildman–Crippen MR) is 126 cm³/mol. The van der Waals surface area contributed by atoms with E-state index in [2.05, 4.69) is 42.9 Å². The van der Waals surface area contributed by atoms with Gasteiger partial charge in [-0.25, -0.2) is 9.97 Å². The van der Waals surface area contributed by atoms with Gasteiger partial charge in [0.2, 0.25) is 0 Å². The molecule has 0 aliphatic carbocycles. The van der Waals surface area contributed by atoms with Crippen LogP contribution in [0.15, 0.2) is 41.8 Å². The number of ether oxygens (including phenoxy) is 1. The number of nitrogens with zero attached hydrogens (tertiary/aromatic N) is 2. The van der Waals surface area contributed by atoms with Crippen molar-refractivity contribution in [2.45, 2.75) is 83.7 Å². The SMILES string of the molecule is CCCCCCCCSc1ncc(-c2ccc(OCCCC(C)CC)cc2)cn1. The molecule has 0 spiro atoms. The number of unbranched alkanes of at least 4 members (excludes halogenated alkanes) is 5. The van der Waals surface area contributed by atoms with Gasteiger partial charge < -0.3 is 4.74 Å². The Kier molecular flexibility index (Phi) is 11.8. The molecule has 1 heterocycles. The van der Waals surface area contributed by atoms with Crippen LogP contribution in [-0.2, 0) is 0 Å². The van der Waals surface area contributed by atoms with Crippen molar-refractivity contribution in [3.8, 4) is 16.9 Å². The summed E-state index contributed by atoms with van der Waals surface area (Å²) in [4.78, 5) is 9.06. The molecular weight excluding hydrogens is 376 g/mol. The normalized spacial score (nSPS) is 12.1. The van der Waals surface area contributed by atoms with Crippen LogP contribution in [0.2, 0.25) is 0 Å². The summed E-state index contributed by atoms with van der Waals surface area (Å²) in [6, 6.07) is 8.26. The monoisotopic (exact) mass is 414 g/mol. The lowest BCUT2D eigenvalue weighted by Gasteiger charge is -2.10. The molecule has 2 aromatic rings. The van der Waals surface area contributed by atoms with Gasteiger partial charge in [0.1, 0.15) is 5.75 Å². The molecule has 2 rings (SSSR count). The van der Waals surface area contributed by atoms with Crippen molar-refractivity contribution in [3.05, 3.63) is 36.7 Å². The zero-order valence-electron chi connectivity index (χ0n) is 18.5. The van der Waals surface area contributed by atoms with Crippen molar-refractivity contribution in [1.29, 1.82) is 0 Å². The molecule has 1 unspecified atom stereocenters. The first-order valence-electron chi connectivity index (χ1n) is 11.4. The minimum Gasteiger partial charge on any atom is -0.494 e. The Morgan fingerprint density at radius 2 is 1.55 bits per heavy atom. The van der Waals surface area contributed by atoms with E-state index >= 15 is 0 Å². The summed E-state index contributed by atoms with van der Waals surface area (Å²) in [5, 5.41) is 0.878. The fourth-order valence-corrected chi connectivity index (χ4v) is 3.94. The van der Waals surface area contributed by atoms with Crippen molar-refractivity contribution in [1.82, 2.24) is 9.97 Å². The lowest BCUT2D eigenvalue weighted by Crippen LogP contribution is -2.00. The van der Waals surface area contributed by atoms with Crippen molar-refractivity contribution in [2.75, 3.05) is 12.4 Å². The molecule has 0 radical (unpaired) electrons. The summed E-state index contributed by atoms with van der Waals surface area (Å²) in [6.07, 6.45) is 15.4. The number of rotatable bonds is 15. The molecule has 0 bridgehead atoms. The topological polar surface area (TPSA) is 35.0 Å². The fourth-order valence-electron chi connectivity index (χ4n) is 3.16. The van der Waals surface area contributed by atoms with Gasteiger partial charge in [-0.3, -0.25) is 0 Å². The van der Waals surface area contributed by atoms with E-state index in [1.54, 1.807) is 11.8 Å². The molecule has 4 heteroatoms. The number of benzene rings is 1. The summed E-state index contributed by atoms with van der Waals surface area (Å²) in [7, 11) is 0. The standard InChI is InChI=1S/C25H38N2OS/c1-4-6-7-8-9-10-18-29-25-26-19-23(20-27-25)22-13-15-24(16-14-22)28-17-11-12-21(3)5-2/h13-16,19-21H,4-12,17-18H2,1-3H3. The average molecular weight is 415 g/mol. The molecule has 1 aromatic carbocycles. The third-order valence-electron chi connectivity index (χ3n) is 5.35. The maximum absolute atomic E-state index is 5.86. The molecule has 0 saturated carbocycles. The minimum atomic E-state index is 0.785. The van der Waals surface area contributed by atoms with Gasteiger partial charge in [-0.15, -0.1) is 0 Å². The molecule has 0 fully saturated rings. The lowest BCUT2D eigenvalue weighted by atomic mass is 10.0. The van der Waals surface area contributed by atoms with Crippen LogP contribution in [-0.4, -0.2) is 22.3 Å². The number of hydrogen-bond acceptors (Lipinski definition) is 4. The maximum atomic E-state index is 5.86. The van der Waals surface area contributed by atoms with Crippen LogP contribution in [0, 0.1) is 5.92 Å². The largest absolute Gasteiger partial charge is 0.494 e. The van der Waals surface area contributed by atoms with Crippen LogP contribution in [0.5, 0.6) is 5.75 Å². The number of hydrogen-bond donors (Lipinski definition) is 0. The van der Waals surface area contributed by atoms with Gasteiger partial charge in [-0.1, -0.05) is 83.2 Å². The first-order chi connectivity index (χ1) is 14.2. The Hall–Kier alpha value is -1.55. The lowest BCUT2D eigenvalue weighted by molar-refractivity contribution is 0.294. The van der Waals surface area contributed by atoms with Gasteiger partial charge in [0.05, 0.1) is 6.61 Å². The van der Waals surface area contributed by atoms with E-state index in [4.69, 9.17) is 4.74 Å². The van der Waals surface area contributed by atoms with Gasteiger partial charge in [0.25, 0.3) is 0 Å². The summed E-state index contributed by atoms with van der Waals surface area (Å²) in [6.45, 7) is 7.59. The second-order valence-electron chi connectivity index (χ2n) is 7.90. The van der Waals surface area contributed by atoms with E-state index in [0.29, 0.717) is 0 Å². The van der Waals surface area contributed by atoms with Crippen LogP contribution < -0.4 is 4.74 Å². The highest BCUT2D eigenvalue weighted by Crippen LogP contribution is 2.23. The Morgan fingerprint density at radius 1 is 0.862 bits per heavy atom. The van der Waals surface area contributed by atoms with Crippen molar-refractivity contribution in [2.24, 2.45) is 5.92 Å². The van der Waals surface area contributed by atoms with Gasteiger partial charge in [-0.2, -0.15) is 0 Å². The second kappa shape index (κ2) is 14.4. The summed E-state index contributed by atoms with van der Waals surface area (Å²) < 4.78 is 5.86. The minimum absolute atomic E-state index is 0.785. The molecule has 0 amide bonds. The van der Waals surface area contributed by atoms with Crippen molar-refractivity contribution >= 4 is 11.8 Å². The summed E-state index contributed by atoms with van der Waals surface area (Å²) >= 11 is 1.76. The van der Waals surface area contributed by atoms with Crippen molar-refractivity contribution < 1.29 is 4.74 Å². The quantitative estimate of drug-likeness (QED) is 0.169. The molecule has 160 valence electrons. The molecule has 0 N–H and O–H groups in total. The van der Waals surface area contributed by atoms with Crippen LogP contribution >= 0.6 is 11.8 Å². The Morgan fingerprint density at radius 3 is 2.24 bits per heavy atom. The molecule has 1 atom stereocenters.